The van der Waals surface area contributed by atoms with Crippen LogP contribution in [0.1, 0.15) is 32.3 Å². The Labute approximate surface area is 172 Å². The van der Waals surface area contributed by atoms with Gasteiger partial charge in [0.2, 0.25) is 5.95 Å². The van der Waals surface area contributed by atoms with Crippen LogP contribution in [0.2, 0.25) is 0 Å². The molecule has 1 aliphatic heterocycles. The fourth-order valence-corrected chi connectivity index (χ4v) is 3.65. The Morgan fingerprint density at radius 2 is 1.72 bits per heavy atom. The largest absolute Gasteiger partial charge is 0.372 e. The number of aromatic nitrogens is 3. The number of hydrogen-bond donors (Lipinski definition) is 1. The van der Waals surface area contributed by atoms with Gasteiger partial charge in [0.25, 0.3) is 0 Å². The second kappa shape index (κ2) is 8.90. The highest BCUT2D eigenvalue weighted by Gasteiger charge is 2.15. The molecule has 0 atom stereocenters. The molecule has 0 aliphatic carbocycles. The van der Waals surface area contributed by atoms with Crippen LogP contribution in [0.3, 0.4) is 0 Å². The highest BCUT2D eigenvalue weighted by molar-refractivity contribution is 5.60. The first-order chi connectivity index (χ1) is 14.2. The molecule has 29 heavy (non-hydrogen) atoms. The average Bonchev–Trinajstić information content (AvgIpc) is 3.28. The van der Waals surface area contributed by atoms with Crippen LogP contribution in [0, 0.1) is 0 Å². The molecule has 0 unspecified atom stereocenters. The van der Waals surface area contributed by atoms with Crippen molar-refractivity contribution in [3.8, 4) is 0 Å². The molecule has 2 heterocycles. The van der Waals surface area contributed by atoms with Crippen LogP contribution in [0.5, 0.6) is 0 Å². The smallest absolute Gasteiger partial charge is 0.249 e. The Kier molecular flexibility index (Phi) is 5.89. The molecule has 0 bridgehead atoms. The maximum atomic E-state index is 4.72. The third-order valence-electron chi connectivity index (χ3n) is 5.25. The lowest BCUT2D eigenvalue weighted by atomic mass is 10.2. The standard InChI is InChI=1S/C23H28N6/c1-18(2)29(17-19-8-4-3-5-9-19)22-16-24-27-23(26-22)25-20-10-12-21(13-11-20)28-14-6-7-15-28/h3-5,8-13,16,18H,6-7,14-15,17H2,1-2H3,(H,25,26,27). The van der Waals surface area contributed by atoms with Gasteiger partial charge in [-0.15, -0.1) is 5.10 Å². The molecule has 150 valence electrons. The number of benzene rings is 2. The van der Waals surface area contributed by atoms with Crippen LogP contribution in [0.4, 0.5) is 23.1 Å². The number of nitrogens with zero attached hydrogens (tertiary/aromatic N) is 5. The summed E-state index contributed by atoms with van der Waals surface area (Å²) in [4.78, 5) is 9.37. The molecule has 6 nitrogen and oxygen atoms in total. The van der Waals surface area contributed by atoms with Gasteiger partial charge in [-0.25, -0.2) is 0 Å². The molecule has 0 amide bonds. The van der Waals surface area contributed by atoms with Crippen molar-refractivity contribution in [1.29, 1.82) is 0 Å². The van der Waals surface area contributed by atoms with Crippen molar-refractivity contribution in [2.75, 3.05) is 28.2 Å². The van der Waals surface area contributed by atoms with E-state index in [0.717, 1.165) is 31.1 Å². The van der Waals surface area contributed by atoms with E-state index in [0.29, 0.717) is 12.0 Å². The van der Waals surface area contributed by atoms with E-state index in [2.05, 4.69) is 87.7 Å². The summed E-state index contributed by atoms with van der Waals surface area (Å²) in [5.74, 6) is 1.32. The minimum absolute atomic E-state index is 0.291. The first kappa shape index (κ1) is 19.2. The number of hydrogen-bond acceptors (Lipinski definition) is 6. The van der Waals surface area contributed by atoms with Crippen molar-refractivity contribution >= 4 is 23.1 Å². The molecule has 1 saturated heterocycles. The van der Waals surface area contributed by atoms with Gasteiger partial charge in [-0.05, 0) is 56.5 Å². The van der Waals surface area contributed by atoms with Crippen molar-refractivity contribution in [2.45, 2.75) is 39.3 Å². The van der Waals surface area contributed by atoms with Crippen LogP contribution in [-0.4, -0.2) is 34.3 Å². The predicted molar refractivity (Wildman–Crippen MR) is 119 cm³/mol. The minimum Gasteiger partial charge on any atom is -0.372 e. The highest BCUT2D eigenvalue weighted by atomic mass is 15.3. The van der Waals surface area contributed by atoms with Gasteiger partial charge in [-0.1, -0.05) is 30.3 Å². The highest BCUT2D eigenvalue weighted by Crippen LogP contribution is 2.24. The predicted octanol–water partition coefficient (Wildman–Crippen LogP) is 4.63. The SMILES string of the molecule is CC(C)N(Cc1ccccc1)c1cnnc(Nc2ccc(N3CCCC3)cc2)n1. The first-order valence-electron chi connectivity index (χ1n) is 10.3. The normalized spacial score (nSPS) is 13.7. The fourth-order valence-electron chi connectivity index (χ4n) is 3.65. The van der Waals surface area contributed by atoms with Gasteiger partial charge < -0.3 is 15.1 Å². The molecule has 0 spiro atoms. The van der Waals surface area contributed by atoms with E-state index < -0.39 is 0 Å². The second-order valence-electron chi connectivity index (χ2n) is 7.71. The molecular weight excluding hydrogens is 360 g/mol. The van der Waals surface area contributed by atoms with E-state index >= 15 is 0 Å². The van der Waals surface area contributed by atoms with Crippen molar-refractivity contribution < 1.29 is 0 Å². The van der Waals surface area contributed by atoms with E-state index in [-0.39, 0.29) is 0 Å². The van der Waals surface area contributed by atoms with E-state index in [9.17, 15) is 0 Å². The van der Waals surface area contributed by atoms with E-state index in [4.69, 9.17) is 4.98 Å². The van der Waals surface area contributed by atoms with E-state index in [1.807, 2.05) is 6.07 Å². The number of nitrogens with one attached hydrogen (secondary N) is 1. The number of anilines is 4. The zero-order valence-electron chi connectivity index (χ0n) is 17.1. The molecular formula is C23H28N6. The average molecular weight is 389 g/mol. The molecule has 1 aliphatic rings. The van der Waals surface area contributed by atoms with Crippen LogP contribution < -0.4 is 15.1 Å². The van der Waals surface area contributed by atoms with E-state index in [1.54, 1.807) is 6.20 Å². The maximum Gasteiger partial charge on any atom is 0.249 e. The molecule has 2 aromatic carbocycles. The van der Waals surface area contributed by atoms with Gasteiger partial charge in [-0.3, -0.25) is 0 Å². The van der Waals surface area contributed by atoms with Gasteiger partial charge in [0.05, 0.1) is 6.20 Å². The molecule has 4 rings (SSSR count). The quantitative estimate of drug-likeness (QED) is 0.637. The zero-order valence-corrected chi connectivity index (χ0v) is 17.1. The third-order valence-corrected chi connectivity index (χ3v) is 5.25. The Bertz CT molecular complexity index is 904. The second-order valence-corrected chi connectivity index (χ2v) is 7.71. The summed E-state index contributed by atoms with van der Waals surface area (Å²) in [5.41, 5.74) is 3.48. The lowest BCUT2D eigenvalue weighted by Crippen LogP contribution is -2.31. The van der Waals surface area contributed by atoms with Gasteiger partial charge in [0.15, 0.2) is 5.82 Å². The summed E-state index contributed by atoms with van der Waals surface area (Å²) in [7, 11) is 0. The minimum atomic E-state index is 0.291. The van der Waals surface area contributed by atoms with Crippen molar-refractivity contribution in [2.24, 2.45) is 0 Å². The number of rotatable bonds is 7. The van der Waals surface area contributed by atoms with Gasteiger partial charge >= 0.3 is 0 Å². The third kappa shape index (κ3) is 4.83. The topological polar surface area (TPSA) is 57.2 Å². The monoisotopic (exact) mass is 388 g/mol. The van der Waals surface area contributed by atoms with Crippen LogP contribution in [-0.2, 0) is 6.54 Å². The Morgan fingerprint density at radius 3 is 2.41 bits per heavy atom. The lowest BCUT2D eigenvalue weighted by molar-refractivity contribution is 0.668. The van der Waals surface area contributed by atoms with Crippen LogP contribution in [0.15, 0.2) is 60.8 Å². The Balaban J connectivity index is 1.48. The lowest BCUT2D eigenvalue weighted by Gasteiger charge is -2.27. The van der Waals surface area contributed by atoms with Gasteiger partial charge in [0, 0.05) is 37.1 Å². The molecule has 0 radical (unpaired) electrons. The maximum absolute atomic E-state index is 4.72. The van der Waals surface area contributed by atoms with Crippen LogP contribution >= 0.6 is 0 Å². The summed E-state index contributed by atoms with van der Waals surface area (Å²) in [6.45, 7) is 7.40. The Hall–Kier alpha value is -3.15. The summed E-state index contributed by atoms with van der Waals surface area (Å²) in [5, 5.41) is 11.6. The Morgan fingerprint density at radius 1 is 1.00 bits per heavy atom. The molecule has 1 fully saturated rings. The summed E-state index contributed by atoms with van der Waals surface area (Å²) in [6, 6.07) is 19.2. The van der Waals surface area contributed by atoms with Crippen molar-refractivity contribution in [3.05, 3.63) is 66.4 Å². The summed E-state index contributed by atoms with van der Waals surface area (Å²) >= 11 is 0. The van der Waals surface area contributed by atoms with Crippen LogP contribution in [0.25, 0.3) is 0 Å². The van der Waals surface area contributed by atoms with Gasteiger partial charge in [-0.2, -0.15) is 10.1 Å². The van der Waals surface area contributed by atoms with Gasteiger partial charge in [0.1, 0.15) is 0 Å². The first-order valence-corrected chi connectivity index (χ1v) is 10.3. The summed E-state index contributed by atoms with van der Waals surface area (Å²) < 4.78 is 0. The molecule has 3 aromatic rings. The fraction of sp³-hybridized carbons (Fsp3) is 0.348. The molecule has 6 heteroatoms. The van der Waals surface area contributed by atoms with Crippen molar-refractivity contribution in [3.63, 3.8) is 0 Å². The molecule has 1 aromatic heterocycles. The summed E-state index contributed by atoms with van der Waals surface area (Å²) in [6.07, 6.45) is 4.29. The van der Waals surface area contributed by atoms with E-state index in [1.165, 1.54) is 24.1 Å². The van der Waals surface area contributed by atoms with Crippen molar-refractivity contribution in [1.82, 2.24) is 15.2 Å². The molecule has 1 N–H and O–H groups in total. The molecule has 0 saturated carbocycles. The zero-order chi connectivity index (χ0) is 20.1.